The summed E-state index contributed by atoms with van der Waals surface area (Å²) in [6.45, 7) is 3.01. The van der Waals surface area contributed by atoms with Crippen LogP contribution in [-0.2, 0) is 13.0 Å². The highest BCUT2D eigenvalue weighted by molar-refractivity contribution is 5.15. The average molecular weight is 150 g/mol. The summed E-state index contributed by atoms with van der Waals surface area (Å²) in [7, 11) is 1.93. The van der Waals surface area contributed by atoms with Crippen molar-refractivity contribution in [2.45, 2.75) is 19.9 Å². The lowest BCUT2D eigenvalue weighted by Crippen LogP contribution is -2.06. The monoisotopic (exact) mass is 150 g/mol. The highest BCUT2D eigenvalue weighted by Crippen LogP contribution is 2.01. The number of aromatic nitrogens is 1. The van der Waals surface area contributed by atoms with Crippen LogP contribution in [0, 0.1) is 0 Å². The van der Waals surface area contributed by atoms with Gasteiger partial charge in [-0.2, -0.15) is 0 Å². The highest BCUT2D eigenvalue weighted by atomic mass is 14.8. The molecule has 1 N–H and O–H groups in total. The van der Waals surface area contributed by atoms with E-state index in [1.165, 1.54) is 5.56 Å². The molecule has 0 radical (unpaired) electrons. The van der Waals surface area contributed by atoms with E-state index in [0.717, 1.165) is 18.7 Å². The fourth-order valence-corrected chi connectivity index (χ4v) is 1.03. The Morgan fingerprint density at radius 2 is 2.36 bits per heavy atom. The van der Waals surface area contributed by atoms with Crippen LogP contribution in [0.15, 0.2) is 18.3 Å². The lowest BCUT2D eigenvalue weighted by Gasteiger charge is -2.00. The molecule has 0 aliphatic heterocycles. The molecule has 1 aromatic heterocycles. The van der Waals surface area contributed by atoms with Gasteiger partial charge in [0.05, 0.1) is 5.69 Å². The van der Waals surface area contributed by atoms with E-state index in [1.54, 1.807) is 0 Å². The molecule has 2 heteroatoms. The second-order valence-electron chi connectivity index (χ2n) is 2.54. The van der Waals surface area contributed by atoms with Crippen molar-refractivity contribution in [1.29, 1.82) is 0 Å². The van der Waals surface area contributed by atoms with E-state index in [0.29, 0.717) is 0 Å². The zero-order valence-corrected chi connectivity index (χ0v) is 7.09. The summed E-state index contributed by atoms with van der Waals surface area (Å²) in [4.78, 5) is 4.21. The van der Waals surface area contributed by atoms with Gasteiger partial charge in [-0.1, -0.05) is 6.92 Å². The number of hydrogen-bond acceptors (Lipinski definition) is 2. The Labute approximate surface area is 67.7 Å². The number of rotatable bonds is 3. The van der Waals surface area contributed by atoms with Gasteiger partial charge in [-0.05, 0) is 31.2 Å². The predicted molar refractivity (Wildman–Crippen MR) is 46.4 cm³/mol. The maximum atomic E-state index is 4.21. The second-order valence-corrected chi connectivity index (χ2v) is 2.54. The Bertz CT molecular complexity index is 221. The minimum atomic E-state index is 0.855. The van der Waals surface area contributed by atoms with Crippen LogP contribution in [0.3, 0.4) is 0 Å². The summed E-state index contributed by atoms with van der Waals surface area (Å²) in [5.41, 5.74) is 2.47. The Balaban J connectivity index is 2.74. The van der Waals surface area contributed by atoms with Crippen molar-refractivity contribution < 1.29 is 0 Å². The van der Waals surface area contributed by atoms with Gasteiger partial charge in [0.1, 0.15) is 0 Å². The average Bonchev–Trinajstić information content (AvgIpc) is 2.06. The highest BCUT2D eigenvalue weighted by Gasteiger charge is 1.92. The normalized spacial score (nSPS) is 10.0. The quantitative estimate of drug-likeness (QED) is 0.703. The number of nitrogens with zero attached hydrogens (tertiary/aromatic N) is 1. The lowest BCUT2D eigenvalue weighted by molar-refractivity contribution is 0.788. The van der Waals surface area contributed by atoms with E-state index in [2.05, 4.69) is 29.4 Å². The summed E-state index contributed by atoms with van der Waals surface area (Å²) in [5.74, 6) is 0. The minimum Gasteiger partial charge on any atom is -0.314 e. The zero-order chi connectivity index (χ0) is 8.10. The van der Waals surface area contributed by atoms with Crippen LogP contribution >= 0.6 is 0 Å². The van der Waals surface area contributed by atoms with Crippen LogP contribution in [0.5, 0.6) is 0 Å². The van der Waals surface area contributed by atoms with Gasteiger partial charge in [-0.25, -0.2) is 0 Å². The molecule has 0 saturated heterocycles. The van der Waals surface area contributed by atoms with E-state index >= 15 is 0 Å². The van der Waals surface area contributed by atoms with Gasteiger partial charge in [0.15, 0.2) is 0 Å². The van der Waals surface area contributed by atoms with Gasteiger partial charge in [-0.15, -0.1) is 0 Å². The Hall–Kier alpha value is -0.890. The van der Waals surface area contributed by atoms with Crippen LogP contribution < -0.4 is 5.32 Å². The largest absolute Gasteiger partial charge is 0.314 e. The molecule has 0 aliphatic rings. The van der Waals surface area contributed by atoms with Crippen molar-refractivity contribution >= 4 is 0 Å². The van der Waals surface area contributed by atoms with Crippen molar-refractivity contribution in [3.8, 4) is 0 Å². The fourth-order valence-electron chi connectivity index (χ4n) is 1.03. The molecule has 0 unspecified atom stereocenters. The SMILES string of the molecule is CCc1ccnc(CNC)c1. The molecule has 2 nitrogen and oxygen atoms in total. The fraction of sp³-hybridized carbons (Fsp3) is 0.444. The zero-order valence-electron chi connectivity index (χ0n) is 7.09. The molecule has 0 amide bonds. The van der Waals surface area contributed by atoms with E-state index in [1.807, 2.05) is 13.2 Å². The number of nitrogens with one attached hydrogen (secondary N) is 1. The molecule has 0 aromatic carbocycles. The predicted octanol–water partition coefficient (Wildman–Crippen LogP) is 1.36. The molecule has 11 heavy (non-hydrogen) atoms. The van der Waals surface area contributed by atoms with Crippen LogP contribution in [0.25, 0.3) is 0 Å². The summed E-state index contributed by atoms with van der Waals surface area (Å²) in [6.07, 6.45) is 2.95. The maximum absolute atomic E-state index is 4.21. The van der Waals surface area contributed by atoms with Gasteiger partial charge >= 0.3 is 0 Å². The molecular formula is C9H14N2. The molecule has 1 aromatic rings. The van der Waals surface area contributed by atoms with E-state index in [4.69, 9.17) is 0 Å². The summed E-state index contributed by atoms with van der Waals surface area (Å²) < 4.78 is 0. The molecule has 0 bridgehead atoms. The first-order chi connectivity index (χ1) is 5.36. The Morgan fingerprint density at radius 1 is 1.55 bits per heavy atom. The molecule has 0 atom stereocenters. The van der Waals surface area contributed by atoms with Gasteiger partial charge < -0.3 is 5.32 Å². The van der Waals surface area contributed by atoms with Gasteiger partial charge in [-0.3, -0.25) is 4.98 Å². The first-order valence-electron chi connectivity index (χ1n) is 3.95. The van der Waals surface area contributed by atoms with Crippen molar-refractivity contribution in [2.75, 3.05) is 7.05 Å². The molecular weight excluding hydrogens is 136 g/mol. The second kappa shape index (κ2) is 4.09. The maximum Gasteiger partial charge on any atom is 0.0544 e. The van der Waals surface area contributed by atoms with E-state index in [9.17, 15) is 0 Å². The first kappa shape index (κ1) is 8.21. The van der Waals surface area contributed by atoms with Gasteiger partial charge in [0, 0.05) is 12.7 Å². The number of hydrogen-bond donors (Lipinski definition) is 1. The summed E-state index contributed by atoms with van der Waals surface area (Å²) in [6, 6.07) is 4.19. The molecule has 1 rings (SSSR count). The minimum absolute atomic E-state index is 0.855. The first-order valence-corrected chi connectivity index (χ1v) is 3.95. The summed E-state index contributed by atoms with van der Waals surface area (Å²) >= 11 is 0. The van der Waals surface area contributed by atoms with E-state index < -0.39 is 0 Å². The molecule has 1 heterocycles. The third-order valence-corrected chi connectivity index (χ3v) is 1.65. The van der Waals surface area contributed by atoms with Crippen LogP contribution in [0.2, 0.25) is 0 Å². The van der Waals surface area contributed by atoms with Crippen molar-refractivity contribution in [3.63, 3.8) is 0 Å². The third-order valence-electron chi connectivity index (χ3n) is 1.65. The number of pyridine rings is 1. The van der Waals surface area contributed by atoms with Crippen molar-refractivity contribution in [2.24, 2.45) is 0 Å². The third kappa shape index (κ3) is 2.31. The standard InChI is InChI=1S/C9H14N2/c1-3-8-4-5-11-9(6-8)7-10-2/h4-6,10H,3,7H2,1-2H3. The van der Waals surface area contributed by atoms with E-state index in [-0.39, 0.29) is 0 Å². The Kier molecular flexibility index (Phi) is 3.05. The lowest BCUT2D eigenvalue weighted by atomic mass is 10.2. The Morgan fingerprint density at radius 3 is 3.00 bits per heavy atom. The van der Waals surface area contributed by atoms with Gasteiger partial charge in [0.2, 0.25) is 0 Å². The van der Waals surface area contributed by atoms with Crippen LogP contribution in [0.1, 0.15) is 18.2 Å². The number of aryl methyl sites for hydroxylation is 1. The molecule has 0 saturated carbocycles. The van der Waals surface area contributed by atoms with Crippen LogP contribution in [0.4, 0.5) is 0 Å². The molecule has 60 valence electrons. The topological polar surface area (TPSA) is 24.9 Å². The molecule has 0 aliphatic carbocycles. The molecule has 0 fully saturated rings. The van der Waals surface area contributed by atoms with Gasteiger partial charge in [0.25, 0.3) is 0 Å². The van der Waals surface area contributed by atoms with Crippen LogP contribution in [-0.4, -0.2) is 12.0 Å². The van der Waals surface area contributed by atoms with Crippen molar-refractivity contribution in [3.05, 3.63) is 29.6 Å². The summed E-state index contributed by atoms with van der Waals surface area (Å²) in [5, 5.41) is 3.07. The van der Waals surface area contributed by atoms with Crippen molar-refractivity contribution in [1.82, 2.24) is 10.3 Å². The smallest absolute Gasteiger partial charge is 0.0544 e. The molecule has 0 spiro atoms.